The zero-order valence-electron chi connectivity index (χ0n) is 12.4. The van der Waals surface area contributed by atoms with Gasteiger partial charge in [-0.2, -0.15) is 0 Å². The first-order chi connectivity index (χ1) is 8.77. The molecular weight excluding hydrogens is 258 g/mol. The Morgan fingerprint density at radius 3 is 2.11 bits per heavy atom. The highest BCUT2D eigenvalue weighted by atomic mass is 32.2. The average molecular weight is 283 g/mol. The molecule has 0 aromatic heterocycles. The molecule has 0 saturated heterocycles. The van der Waals surface area contributed by atoms with E-state index in [2.05, 4.69) is 32.4 Å². The second kappa shape index (κ2) is 6.53. The molecule has 1 N–H and O–H groups in total. The number of hydrogen-bond acceptors (Lipinski definition) is 2. The van der Waals surface area contributed by atoms with Gasteiger partial charge in [-0.25, -0.2) is 13.1 Å². The largest absolute Gasteiger partial charge is 0.240 e. The first kappa shape index (κ1) is 16.2. The van der Waals surface area contributed by atoms with E-state index < -0.39 is 10.0 Å². The van der Waals surface area contributed by atoms with Gasteiger partial charge < -0.3 is 0 Å². The van der Waals surface area contributed by atoms with E-state index >= 15 is 0 Å². The maximum atomic E-state index is 12.0. The monoisotopic (exact) mass is 283 g/mol. The lowest BCUT2D eigenvalue weighted by Crippen LogP contribution is -2.25. The van der Waals surface area contributed by atoms with E-state index in [-0.39, 0.29) is 5.41 Å². The molecule has 4 heteroatoms. The third-order valence-corrected chi connectivity index (χ3v) is 4.58. The molecule has 0 heterocycles. The summed E-state index contributed by atoms with van der Waals surface area (Å²) in [5, 5.41) is 0. The molecule has 0 aliphatic carbocycles. The fourth-order valence-corrected chi connectivity index (χ4v) is 2.87. The third-order valence-electron chi connectivity index (χ3n) is 3.10. The van der Waals surface area contributed by atoms with Gasteiger partial charge in [-0.3, -0.25) is 0 Å². The number of hydrogen-bond donors (Lipinski definition) is 1. The van der Waals surface area contributed by atoms with Gasteiger partial charge in [0, 0.05) is 6.54 Å². The summed E-state index contributed by atoms with van der Waals surface area (Å²) in [6, 6.07) is 7.15. The summed E-state index contributed by atoms with van der Waals surface area (Å²) in [5.74, 6) is 0. The van der Waals surface area contributed by atoms with Crippen molar-refractivity contribution in [2.45, 2.75) is 57.3 Å². The SMILES string of the molecule is CCCCCNS(=O)(=O)c1ccc(C(C)(C)C)cc1. The molecule has 0 aliphatic rings. The van der Waals surface area contributed by atoms with Crippen LogP contribution < -0.4 is 4.72 Å². The Morgan fingerprint density at radius 2 is 1.63 bits per heavy atom. The van der Waals surface area contributed by atoms with Crippen LogP contribution in [0.25, 0.3) is 0 Å². The molecule has 0 amide bonds. The van der Waals surface area contributed by atoms with Gasteiger partial charge >= 0.3 is 0 Å². The van der Waals surface area contributed by atoms with E-state index in [1.807, 2.05) is 12.1 Å². The van der Waals surface area contributed by atoms with Gasteiger partial charge in [0.25, 0.3) is 0 Å². The first-order valence-electron chi connectivity index (χ1n) is 6.87. The molecule has 0 spiro atoms. The highest BCUT2D eigenvalue weighted by Crippen LogP contribution is 2.23. The van der Waals surface area contributed by atoms with E-state index in [1.165, 1.54) is 0 Å². The second-order valence-electron chi connectivity index (χ2n) is 5.88. The van der Waals surface area contributed by atoms with E-state index in [9.17, 15) is 8.42 Å². The summed E-state index contributed by atoms with van der Waals surface area (Å²) >= 11 is 0. The van der Waals surface area contributed by atoms with Crippen molar-refractivity contribution in [3.8, 4) is 0 Å². The standard InChI is InChI=1S/C15H25NO2S/c1-5-6-7-12-16-19(17,18)14-10-8-13(9-11-14)15(2,3)4/h8-11,16H,5-7,12H2,1-4H3. The van der Waals surface area contributed by atoms with Gasteiger partial charge in [-0.05, 0) is 29.5 Å². The van der Waals surface area contributed by atoms with Crippen LogP contribution in [-0.4, -0.2) is 15.0 Å². The predicted molar refractivity (Wildman–Crippen MR) is 79.9 cm³/mol. The van der Waals surface area contributed by atoms with Gasteiger partial charge in [0.1, 0.15) is 0 Å². The fraction of sp³-hybridized carbons (Fsp3) is 0.600. The molecule has 19 heavy (non-hydrogen) atoms. The number of rotatable bonds is 6. The summed E-state index contributed by atoms with van der Waals surface area (Å²) in [7, 11) is -3.35. The van der Waals surface area contributed by atoms with Crippen molar-refractivity contribution in [3.05, 3.63) is 29.8 Å². The summed E-state index contributed by atoms with van der Waals surface area (Å²) in [4.78, 5) is 0.344. The van der Waals surface area contributed by atoms with E-state index in [1.54, 1.807) is 12.1 Å². The predicted octanol–water partition coefficient (Wildman–Crippen LogP) is 3.45. The third kappa shape index (κ3) is 4.96. The van der Waals surface area contributed by atoms with Gasteiger partial charge in [-0.1, -0.05) is 52.7 Å². The van der Waals surface area contributed by atoms with E-state index in [0.717, 1.165) is 24.8 Å². The van der Waals surface area contributed by atoms with Crippen molar-refractivity contribution in [3.63, 3.8) is 0 Å². The minimum absolute atomic E-state index is 0.0385. The Bertz CT molecular complexity index is 484. The lowest BCUT2D eigenvalue weighted by molar-refractivity contribution is 0.574. The highest BCUT2D eigenvalue weighted by Gasteiger charge is 2.16. The first-order valence-corrected chi connectivity index (χ1v) is 8.36. The van der Waals surface area contributed by atoms with Crippen LogP contribution in [0.2, 0.25) is 0 Å². The Kier molecular flexibility index (Phi) is 5.56. The summed E-state index contributed by atoms with van der Waals surface area (Å²) in [5.41, 5.74) is 1.18. The molecule has 1 rings (SSSR count). The van der Waals surface area contributed by atoms with Crippen LogP contribution in [0, 0.1) is 0 Å². The lowest BCUT2D eigenvalue weighted by Gasteiger charge is -2.19. The van der Waals surface area contributed by atoms with Gasteiger partial charge in [0.2, 0.25) is 10.0 Å². The van der Waals surface area contributed by atoms with Gasteiger partial charge in [0.15, 0.2) is 0 Å². The molecule has 3 nitrogen and oxygen atoms in total. The highest BCUT2D eigenvalue weighted by molar-refractivity contribution is 7.89. The van der Waals surface area contributed by atoms with Crippen LogP contribution in [0.4, 0.5) is 0 Å². The maximum Gasteiger partial charge on any atom is 0.240 e. The molecule has 0 radical (unpaired) electrons. The molecule has 0 bridgehead atoms. The number of unbranched alkanes of at least 4 members (excludes halogenated alkanes) is 2. The van der Waals surface area contributed by atoms with Gasteiger partial charge in [0.05, 0.1) is 4.90 Å². The van der Waals surface area contributed by atoms with Crippen LogP contribution >= 0.6 is 0 Å². The Hall–Kier alpha value is -0.870. The fourth-order valence-electron chi connectivity index (χ4n) is 1.80. The summed E-state index contributed by atoms with van der Waals surface area (Å²) in [6.45, 7) is 8.94. The Labute approximate surface area is 117 Å². The number of sulfonamides is 1. The molecule has 0 fully saturated rings. The van der Waals surface area contributed by atoms with Crippen molar-refractivity contribution >= 4 is 10.0 Å². The minimum atomic E-state index is -3.35. The van der Waals surface area contributed by atoms with Crippen molar-refractivity contribution in [1.82, 2.24) is 4.72 Å². The minimum Gasteiger partial charge on any atom is -0.211 e. The quantitative estimate of drug-likeness (QED) is 0.813. The second-order valence-corrected chi connectivity index (χ2v) is 7.65. The zero-order chi connectivity index (χ0) is 14.5. The van der Waals surface area contributed by atoms with Crippen LogP contribution in [0.5, 0.6) is 0 Å². The van der Waals surface area contributed by atoms with Crippen molar-refractivity contribution in [2.24, 2.45) is 0 Å². The van der Waals surface area contributed by atoms with E-state index in [4.69, 9.17) is 0 Å². The molecule has 1 aromatic rings. The molecule has 1 aromatic carbocycles. The van der Waals surface area contributed by atoms with Crippen LogP contribution in [-0.2, 0) is 15.4 Å². The molecule has 0 unspecified atom stereocenters. The molecule has 0 saturated carbocycles. The molecule has 0 aliphatic heterocycles. The summed E-state index contributed by atoms with van der Waals surface area (Å²) < 4.78 is 26.7. The average Bonchev–Trinajstić information content (AvgIpc) is 2.34. The van der Waals surface area contributed by atoms with Crippen molar-refractivity contribution in [1.29, 1.82) is 0 Å². The molecule has 0 atom stereocenters. The molecular formula is C15H25NO2S. The zero-order valence-corrected chi connectivity index (χ0v) is 13.2. The van der Waals surface area contributed by atoms with Crippen LogP contribution in [0.15, 0.2) is 29.2 Å². The molecule has 108 valence electrons. The maximum absolute atomic E-state index is 12.0. The Balaban J connectivity index is 2.74. The topological polar surface area (TPSA) is 46.2 Å². The Morgan fingerprint density at radius 1 is 1.05 bits per heavy atom. The number of benzene rings is 1. The van der Waals surface area contributed by atoms with Crippen LogP contribution in [0.3, 0.4) is 0 Å². The van der Waals surface area contributed by atoms with Crippen molar-refractivity contribution < 1.29 is 8.42 Å². The van der Waals surface area contributed by atoms with Crippen molar-refractivity contribution in [2.75, 3.05) is 6.54 Å². The smallest absolute Gasteiger partial charge is 0.211 e. The van der Waals surface area contributed by atoms with Gasteiger partial charge in [-0.15, -0.1) is 0 Å². The summed E-state index contributed by atoms with van der Waals surface area (Å²) in [6.07, 6.45) is 3.02. The van der Waals surface area contributed by atoms with Crippen LogP contribution in [0.1, 0.15) is 52.5 Å². The van der Waals surface area contributed by atoms with E-state index in [0.29, 0.717) is 11.4 Å². The lowest BCUT2D eigenvalue weighted by atomic mass is 9.87. The number of nitrogens with one attached hydrogen (secondary N) is 1. The normalized spacial score (nSPS) is 12.6.